The van der Waals surface area contributed by atoms with E-state index in [9.17, 15) is 14.9 Å². The number of carbonyl (C=O) groups is 1. The Kier molecular flexibility index (Phi) is 4.61. The predicted octanol–water partition coefficient (Wildman–Crippen LogP) is 4.14. The molecule has 9 heteroatoms. The van der Waals surface area contributed by atoms with Crippen molar-refractivity contribution in [2.45, 2.75) is 13.2 Å². The van der Waals surface area contributed by atoms with Crippen LogP contribution in [0.5, 0.6) is 0 Å². The maximum absolute atomic E-state index is 11.9. The van der Waals surface area contributed by atoms with E-state index in [0.717, 1.165) is 5.01 Å². The number of rotatable bonds is 3. The number of hydrogen-bond donors (Lipinski definition) is 0. The Morgan fingerprint density at radius 2 is 1.92 bits per heavy atom. The maximum Gasteiger partial charge on any atom is 0.269 e. The minimum absolute atomic E-state index is 0.0574. The van der Waals surface area contributed by atoms with Crippen LogP contribution < -0.4 is 0 Å². The standard InChI is InChI=1S/C16H11Cl2N3O4/c1-9(22)20-16(10-2-5-12(6-3-10)21(23)24)25-15(19-20)13-7-4-11(17)8-14(13)18/h2-8,16H,1H3/t16-/m1/s1. The fourth-order valence-electron chi connectivity index (χ4n) is 2.32. The minimum Gasteiger partial charge on any atom is -0.446 e. The molecular weight excluding hydrogens is 369 g/mol. The number of carbonyl (C=O) groups excluding carboxylic acids is 1. The zero-order chi connectivity index (χ0) is 18.1. The first-order valence-electron chi connectivity index (χ1n) is 7.11. The Bertz CT molecular complexity index is 883. The summed E-state index contributed by atoms with van der Waals surface area (Å²) in [5.74, 6) is -0.177. The summed E-state index contributed by atoms with van der Waals surface area (Å²) < 4.78 is 5.79. The van der Waals surface area contributed by atoms with E-state index in [1.54, 1.807) is 18.2 Å². The Morgan fingerprint density at radius 1 is 1.24 bits per heavy atom. The molecule has 0 radical (unpaired) electrons. The highest BCUT2D eigenvalue weighted by Crippen LogP contribution is 2.33. The zero-order valence-corrected chi connectivity index (χ0v) is 14.4. The number of ether oxygens (including phenoxy) is 1. The van der Waals surface area contributed by atoms with Crippen molar-refractivity contribution in [3.05, 3.63) is 73.8 Å². The first-order chi connectivity index (χ1) is 11.9. The molecule has 0 N–H and O–H groups in total. The second-order valence-corrected chi connectivity index (χ2v) is 6.06. The molecule has 1 amide bonds. The van der Waals surface area contributed by atoms with Gasteiger partial charge in [-0.3, -0.25) is 14.9 Å². The molecule has 2 aromatic rings. The molecular formula is C16H11Cl2N3O4. The third kappa shape index (κ3) is 3.42. The fraction of sp³-hybridized carbons (Fsp3) is 0.125. The van der Waals surface area contributed by atoms with Gasteiger partial charge in [0.25, 0.3) is 5.69 Å². The lowest BCUT2D eigenvalue weighted by Gasteiger charge is -2.19. The van der Waals surface area contributed by atoms with Crippen LogP contribution in [0, 0.1) is 10.1 Å². The Morgan fingerprint density at radius 3 is 2.48 bits per heavy atom. The van der Waals surface area contributed by atoms with Gasteiger partial charge in [0.05, 0.1) is 15.5 Å². The van der Waals surface area contributed by atoms with Gasteiger partial charge >= 0.3 is 0 Å². The summed E-state index contributed by atoms with van der Waals surface area (Å²) in [7, 11) is 0. The van der Waals surface area contributed by atoms with E-state index in [1.807, 2.05) is 0 Å². The summed E-state index contributed by atoms with van der Waals surface area (Å²) in [4.78, 5) is 22.2. The van der Waals surface area contributed by atoms with Crippen molar-refractivity contribution >= 4 is 40.7 Å². The zero-order valence-electron chi connectivity index (χ0n) is 12.8. The number of hydrogen-bond acceptors (Lipinski definition) is 5. The van der Waals surface area contributed by atoms with E-state index in [-0.39, 0.29) is 17.5 Å². The molecule has 0 saturated heterocycles. The Hall–Kier alpha value is -2.64. The number of nitrogens with zero attached hydrogens (tertiary/aromatic N) is 3. The van der Waals surface area contributed by atoms with Crippen LogP contribution in [0.3, 0.4) is 0 Å². The van der Waals surface area contributed by atoms with Gasteiger partial charge in [0.1, 0.15) is 0 Å². The van der Waals surface area contributed by atoms with Gasteiger partial charge in [-0.1, -0.05) is 23.2 Å². The molecule has 0 saturated carbocycles. The first-order valence-corrected chi connectivity index (χ1v) is 7.87. The lowest BCUT2D eigenvalue weighted by molar-refractivity contribution is -0.384. The van der Waals surface area contributed by atoms with Crippen molar-refractivity contribution < 1.29 is 14.5 Å². The average Bonchev–Trinajstić information content (AvgIpc) is 3.00. The number of non-ortho nitro benzene ring substituents is 1. The molecule has 0 bridgehead atoms. The van der Waals surface area contributed by atoms with Gasteiger partial charge in [-0.05, 0) is 30.3 Å². The van der Waals surface area contributed by atoms with Crippen molar-refractivity contribution in [1.82, 2.24) is 5.01 Å². The summed E-state index contributed by atoms with van der Waals surface area (Å²) in [6.45, 7) is 1.34. The highest BCUT2D eigenvalue weighted by atomic mass is 35.5. The SMILES string of the molecule is CC(=O)N1N=C(c2ccc(Cl)cc2Cl)O[C@@H]1c1ccc([N+](=O)[O-])cc1. The van der Waals surface area contributed by atoms with Crippen LogP contribution in [0.15, 0.2) is 47.6 Å². The summed E-state index contributed by atoms with van der Waals surface area (Å²) in [6.07, 6.45) is -0.833. The molecule has 1 aliphatic rings. The monoisotopic (exact) mass is 379 g/mol. The third-order valence-corrected chi connectivity index (χ3v) is 4.06. The molecule has 0 spiro atoms. The molecule has 128 valence electrons. The van der Waals surface area contributed by atoms with Crippen LogP contribution in [0.2, 0.25) is 10.0 Å². The van der Waals surface area contributed by atoms with Crippen LogP contribution in [0.1, 0.15) is 24.3 Å². The third-order valence-electron chi connectivity index (χ3n) is 3.52. The molecule has 0 fully saturated rings. The largest absolute Gasteiger partial charge is 0.446 e. The van der Waals surface area contributed by atoms with Crippen LogP contribution in [0.4, 0.5) is 5.69 Å². The molecule has 0 aliphatic carbocycles. The van der Waals surface area contributed by atoms with Crippen molar-refractivity contribution in [3.63, 3.8) is 0 Å². The number of amides is 1. The number of benzene rings is 2. The Balaban J connectivity index is 1.94. The Labute approximate surface area is 152 Å². The first kappa shape index (κ1) is 17.2. The highest BCUT2D eigenvalue weighted by molar-refractivity contribution is 6.36. The molecule has 0 unspecified atom stereocenters. The smallest absolute Gasteiger partial charge is 0.269 e. The fourth-order valence-corrected chi connectivity index (χ4v) is 2.80. The molecule has 3 rings (SSSR count). The number of halogens is 2. The van der Waals surface area contributed by atoms with Gasteiger partial charge in [0.15, 0.2) is 0 Å². The van der Waals surface area contributed by atoms with Crippen LogP contribution in [0.25, 0.3) is 0 Å². The lowest BCUT2D eigenvalue weighted by atomic mass is 10.1. The lowest BCUT2D eigenvalue weighted by Crippen LogP contribution is -2.25. The van der Waals surface area contributed by atoms with Gasteiger partial charge in [-0.15, -0.1) is 5.10 Å². The molecule has 7 nitrogen and oxygen atoms in total. The normalized spacial score (nSPS) is 16.4. The van der Waals surface area contributed by atoms with E-state index in [0.29, 0.717) is 21.2 Å². The quantitative estimate of drug-likeness (QED) is 0.592. The molecule has 2 aromatic carbocycles. The summed E-state index contributed by atoms with van der Waals surface area (Å²) in [5.41, 5.74) is 0.976. The summed E-state index contributed by atoms with van der Waals surface area (Å²) in [5, 5.41) is 16.9. The van der Waals surface area contributed by atoms with E-state index < -0.39 is 11.2 Å². The van der Waals surface area contributed by atoms with Crippen LogP contribution in [-0.4, -0.2) is 21.7 Å². The number of hydrazone groups is 1. The number of nitro benzene ring substituents is 1. The minimum atomic E-state index is -0.833. The second kappa shape index (κ2) is 6.70. The van der Waals surface area contributed by atoms with E-state index >= 15 is 0 Å². The second-order valence-electron chi connectivity index (χ2n) is 5.21. The topological polar surface area (TPSA) is 85.0 Å². The van der Waals surface area contributed by atoms with E-state index in [1.165, 1.54) is 31.2 Å². The van der Waals surface area contributed by atoms with Crippen LogP contribution in [-0.2, 0) is 9.53 Å². The average molecular weight is 380 g/mol. The number of nitro groups is 1. The summed E-state index contributed by atoms with van der Waals surface area (Å²) in [6, 6.07) is 10.5. The van der Waals surface area contributed by atoms with Crippen molar-refractivity contribution in [3.8, 4) is 0 Å². The van der Waals surface area contributed by atoms with E-state index in [2.05, 4.69) is 5.10 Å². The van der Waals surface area contributed by atoms with Crippen molar-refractivity contribution in [2.24, 2.45) is 5.10 Å². The summed E-state index contributed by atoms with van der Waals surface area (Å²) >= 11 is 12.0. The predicted molar refractivity (Wildman–Crippen MR) is 92.4 cm³/mol. The van der Waals surface area contributed by atoms with Crippen LogP contribution >= 0.6 is 23.2 Å². The molecule has 1 atom stereocenters. The van der Waals surface area contributed by atoms with Crippen molar-refractivity contribution in [1.29, 1.82) is 0 Å². The highest BCUT2D eigenvalue weighted by Gasteiger charge is 2.34. The van der Waals surface area contributed by atoms with Crippen molar-refractivity contribution in [2.75, 3.05) is 0 Å². The van der Waals surface area contributed by atoms with Gasteiger partial charge in [-0.25, -0.2) is 0 Å². The molecule has 0 aromatic heterocycles. The maximum atomic E-state index is 11.9. The van der Waals surface area contributed by atoms with Gasteiger partial charge in [0.2, 0.25) is 18.0 Å². The van der Waals surface area contributed by atoms with Gasteiger partial charge in [0, 0.05) is 29.6 Å². The molecule has 1 aliphatic heterocycles. The molecule has 25 heavy (non-hydrogen) atoms. The molecule has 1 heterocycles. The van der Waals surface area contributed by atoms with Gasteiger partial charge in [-0.2, -0.15) is 5.01 Å². The van der Waals surface area contributed by atoms with Gasteiger partial charge < -0.3 is 4.74 Å². The van der Waals surface area contributed by atoms with E-state index in [4.69, 9.17) is 27.9 Å².